The Labute approximate surface area is 99.6 Å². The molecule has 4 N–H and O–H groups in total. The summed E-state index contributed by atoms with van der Waals surface area (Å²) >= 11 is 0. The van der Waals surface area contributed by atoms with Crippen LogP contribution < -0.4 is 11.1 Å². The van der Waals surface area contributed by atoms with Crippen LogP contribution in [-0.4, -0.2) is 17.2 Å². The molecule has 1 aromatic rings. The van der Waals surface area contributed by atoms with E-state index < -0.39 is 17.7 Å². The Balaban J connectivity index is 2.82. The van der Waals surface area contributed by atoms with E-state index in [9.17, 15) is 13.9 Å². The van der Waals surface area contributed by atoms with Gasteiger partial charge in [0, 0.05) is 23.7 Å². The van der Waals surface area contributed by atoms with Gasteiger partial charge in [0.2, 0.25) is 0 Å². The summed E-state index contributed by atoms with van der Waals surface area (Å²) in [5, 5.41) is 12.8. The molecular weight excluding hydrogens is 226 g/mol. The first-order valence-corrected chi connectivity index (χ1v) is 5.38. The van der Waals surface area contributed by atoms with Gasteiger partial charge in [-0.05, 0) is 26.8 Å². The van der Waals surface area contributed by atoms with E-state index in [1.165, 1.54) is 0 Å². The molecule has 0 saturated carbocycles. The fourth-order valence-corrected chi connectivity index (χ4v) is 1.35. The van der Waals surface area contributed by atoms with E-state index >= 15 is 0 Å². The summed E-state index contributed by atoms with van der Waals surface area (Å²) < 4.78 is 26.6. The predicted molar refractivity (Wildman–Crippen MR) is 63.5 cm³/mol. The van der Waals surface area contributed by atoms with Crippen LogP contribution in [0.2, 0.25) is 0 Å². The van der Waals surface area contributed by atoms with Gasteiger partial charge in [0.15, 0.2) is 0 Å². The summed E-state index contributed by atoms with van der Waals surface area (Å²) in [4.78, 5) is 0. The van der Waals surface area contributed by atoms with Crippen molar-refractivity contribution in [2.24, 2.45) is 0 Å². The van der Waals surface area contributed by atoms with Gasteiger partial charge in [-0.3, -0.25) is 0 Å². The summed E-state index contributed by atoms with van der Waals surface area (Å²) in [6, 6.07) is 1.81. The van der Waals surface area contributed by atoms with Crippen LogP contribution in [0.25, 0.3) is 0 Å². The first kappa shape index (κ1) is 13.9. The van der Waals surface area contributed by atoms with Crippen LogP contribution in [-0.2, 0) is 0 Å². The van der Waals surface area contributed by atoms with E-state index in [4.69, 9.17) is 5.73 Å². The van der Waals surface area contributed by atoms with E-state index in [0.29, 0.717) is 0 Å². The van der Waals surface area contributed by atoms with Crippen molar-refractivity contribution in [1.82, 2.24) is 5.32 Å². The molecule has 96 valence electrons. The second-order valence-electron chi connectivity index (χ2n) is 5.04. The molecule has 0 aliphatic heterocycles. The van der Waals surface area contributed by atoms with Crippen LogP contribution in [0, 0.1) is 11.6 Å². The molecule has 0 spiro atoms. The zero-order valence-electron chi connectivity index (χ0n) is 10.2. The topological polar surface area (TPSA) is 58.3 Å². The van der Waals surface area contributed by atoms with E-state index in [-0.39, 0.29) is 23.3 Å². The van der Waals surface area contributed by atoms with Crippen molar-refractivity contribution in [1.29, 1.82) is 0 Å². The van der Waals surface area contributed by atoms with Crippen molar-refractivity contribution in [3.63, 3.8) is 0 Å². The third kappa shape index (κ3) is 3.94. The highest BCUT2D eigenvalue weighted by molar-refractivity contribution is 5.42. The number of aliphatic hydroxyl groups excluding tert-OH is 1. The first-order chi connectivity index (χ1) is 7.70. The maximum absolute atomic E-state index is 13.5. The number of nitrogens with one attached hydrogen (secondary N) is 1. The first-order valence-electron chi connectivity index (χ1n) is 5.38. The smallest absolute Gasteiger partial charge is 0.146 e. The van der Waals surface area contributed by atoms with Crippen molar-refractivity contribution < 1.29 is 13.9 Å². The molecule has 1 rings (SSSR count). The van der Waals surface area contributed by atoms with E-state index in [2.05, 4.69) is 5.32 Å². The number of benzene rings is 1. The molecular formula is C12H18F2N2O. The van der Waals surface area contributed by atoms with Crippen LogP contribution in [0.3, 0.4) is 0 Å². The second kappa shape index (κ2) is 4.98. The zero-order valence-corrected chi connectivity index (χ0v) is 10.2. The Kier molecular flexibility index (Phi) is 4.06. The number of anilines is 1. The number of hydrogen-bond donors (Lipinski definition) is 3. The lowest BCUT2D eigenvalue weighted by atomic mass is 10.1. The normalized spacial score (nSPS) is 13.8. The number of β-amino-alcohol motifs (C(OH)–C–C–N with tert-alkyl or cyclic N) is 1. The summed E-state index contributed by atoms with van der Waals surface area (Å²) in [6.45, 7) is 5.89. The molecule has 0 amide bonds. The van der Waals surface area contributed by atoms with Gasteiger partial charge in [0.05, 0.1) is 11.8 Å². The maximum Gasteiger partial charge on any atom is 0.146 e. The highest BCUT2D eigenvalue weighted by Gasteiger charge is 2.18. The van der Waals surface area contributed by atoms with Gasteiger partial charge in [0.1, 0.15) is 11.6 Å². The molecule has 3 nitrogen and oxygen atoms in total. The quantitative estimate of drug-likeness (QED) is 0.712. The van der Waals surface area contributed by atoms with Crippen molar-refractivity contribution in [2.45, 2.75) is 32.4 Å². The largest absolute Gasteiger partial charge is 0.396 e. The van der Waals surface area contributed by atoms with Gasteiger partial charge in [0.25, 0.3) is 0 Å². The molecule has 1 atom stereocenters. The Hall–Kier alpha value is -1.20. The van der Waals surface area contributed by atoms with Gasteiger partial charge in [-0.25, -0.2) is 8.78 Å². The molecule has 1 unspecified atom stereocenters. The fourth-order valence-electron chi connectivity index (χ4n) is 1.35. The zero-order chi connectivity index (χ0) is 13.2. The standard InChI is InChI=1S/C12H18F2N2O/c1-12(2,3)16-6-11(17)7-4-9(14)10(15)5-8(7)13/h4-5,11,16-17H,6,15H2,1-3H3. The average molecular weight is 244 g/mol. The Morgan fingerprint density at radius 2 is 1.88 bits per heavy atom. The lowest BCUT2D eigenvalue weighted by Gasteiger charge is -2.23. The molecule has 0 aliphatic rings. The minimum Gasteiger partial charge on any atom is -0.396 e. The van der Waals surface area contributed by atoms with Crippen LogP contribution >= 0.6 is 0 Å². The number of rotatable bonds is 3. The number of nitrogens with two attached hydrogens (primary N) is 1. The number of nitrogen functional groups attached to an aromatic ring is 1. The van der Waals surface area contributed by atoms with E-state index in [0.717, 1.165) is 12.1 Å². The molecule has 0 aromatic heterocycles. The monoisotopic (exact) mass is 244 g/mol. The number of hydrogen-bond acceptors (Lipinski definition) is 3. The van der Waals surface area contributed by atoms with Crippen LogP contribution in [0.4, 0.5) is 14.5 Å². The molecule has 17 heavy (non-hydrogen) atoms. The molecule has 1 aromatic carbocycles. The lowest BCUT2D eigenvalue weighted by Crippen LogP contribution is -2.38. The Morgan fingerprint density at radius 1 is 1.29 bits per heavy atom. The molecule has 0 heterocycles. The average Bonchev–Trinajstić information content (AvgIpc) is 2.19. The van der Waals surface area contributed by atoms with Gasteiger partial charge >= 0.3 is 0 Å². The summed E-state index contributed by atoms with van der Waals surface area (Å²) in [7, 11) is 0. The minimum atomic E-state index is -1.11. The van der Waals surface area contributed by atoms with E-state index in [1.807, 2.05) is 20.8 Å². The Bertz CT molecular complexity index is 402. The van der Waals surface area contributed by atoms with Crippen LogP contribution in [0.5, 0.6) is 0 Å². The minimum absolute atomic E-state index is 0.0894. The number of aliphatic hydroxyl groups is 1. The lowest BCUT2D eigenvalue weighted by molar-refractivity contribution is 0.158. The Morgan fingerprint density at radius 3 is 2.41 bits per heavy atom. The SMILES string of the molecule is CC(C)(C)NCC(O)c1cc(F)c(N)cc1F. The van der Waals surface area contributed by atoms with E-state index in [1.54, 1.807) is 0 Å². The van der Waals surface area contributed by atoms with Gasteiger partial charge < -0.3 is 16.2 Å². The summed E-state index contributed by atoms with van der Waals surface area (Å²) in [5.74, 6) is -1.43. The molecule has 0 saturated heterocycles. The molecule has 5 heteroatoms. The fraction of sp³-hybridized carbons (Fsp3) is 0.500. The summed E-state index contributed by atoms with van der Waals surface area (Å²) in [6.07, 6.45) is -1.11. The highest BCUT2D eigenvalue weighted by Crippen LogP contribution is 2.22. The molecule has 0 aliphatic carbocycles. The second-order valence-corrected chi connectivity index (χ2v) is 5.04. The maximum atomic E-state index is 13.5. The van der Waals surface area contributed by atoms with Crippen molar-refractivity contribution in [2.75, 3.05) is 12.3 Å². The summed E-state index contributed by atoms with van der Waals surface area (Å²) in [5.41, 5.74) is 4.66. The van der Waals surface area contributed by atoms with Crippen molar-refractivity contribution >= 4 is 5.69 Å². The van der Waals surface area contributed by atoms with Crippen LogP contribution in [0.1, 0.15) is 32.4 Å². The van der Waals surface area contributed by atoms with Gasteiger partial charge in [-0.15, -0.1) is 0 Å². The van der Waals surface area contributed by atoms with Crippen molar-refractivity contribution in [3.05, 3.63) is 29.3 Å². The number of halogens is 2. The molecule has 0 bridgehead atoms. The molecule has 0 fully saturated rings. The van der Waals surface area contributed by atoms with Crippen LogP contribution in [0.15, 0.2) is 12.1 Å². The third-order valence-electron chi connectivity index (χ3n) is 2.30. The van der Waals surface area contributed by atoms with Gasteiger partial charge in [-0.2, -0.15) is 0 Å². The molecule has 0 radical (unpaired) electrons. The third-order valence-corrected chi connectivity index (χ3v) is 2.30. The van der Waals surface area contributed by atoms with Gasteiger partial charge in [-0.1, -0.05) is 0 Å². The predicted octanol–water partition coefficient (Wildman–Crippen LogP) is 1.97. The highest BCUT2D eigenvalue weighted by atomic mass is 19.1. The van der Waals surface area contributed by atoms with Crippen molar-refractivity contribution in [3.8, 4) is 0 Å².